The highest BCUT2D eigenvalue weighted by atomic mass is 79.9. The molecule has 2 amide bonds. The molecule has 1 N–H and O–H groups in total. The second kappa shape index (κ2) is 11.2. The molecule has 224 valence electrons. The van der Waals surface area contributed by atoms with Gasteiger partial charge in [0.15, 0.2) is 17.3 Å². The number of esters is 1. The van der Waals surface area contributed by atoms with E-state index >= 15 is 0 Å². The standard InChI is InChI=1S/C31H31BrN4O7/c1-16-25(30(39)41-4)27-26-20(14-32)15-36(29(38)24-12-19-11-18(17(2)37)5-6-22(19)42-24)21(26)13-23(28(27)33-16)43-31(40)35-9-7-34(3)8-10-35/h5-6,11-13,20,33H,7-10,14-15H2,1-4H3/t20-/m1/s1. The van der Waals surface area contributed by atoms with Gasteiger partial charge >= 0.3 is 12.1 Å². The van der Waals surface area contributed by atoms with Crippen molar-refractivity contribution < 1.29 is 33.1 Å². The van der Waals surface area contributed by atoms with E-state index in [-0.39, 0.29) is 23.2 Å². The first kappa shape index (κ1) is 28.9. The van der Waals surface area contributed by atoms with E-state index in [2.05, 4.69) is 25.8 Å². The maximum atomic E-state index is 14.0. The van der Waals surface area contributed by atoms with E-state index in [4.69, 9.17) is 13.9 Å². The molecule has 1 fully saturated rings. The van der Waals surface area contributed by atoms with Gasteiger partial charge in [-0.2, -0.15) is 0 Å². The normalized spacial score (nSPS) is 17.0. The van der Waals surface area contributed by atoms with Crippen molar-refractivity contribution in [2.24, 2.45) is 0 Å². The Labute approximate surface area is 255 Å². The van der Waals surface area contributed by atoms with Crippen LogP contribution in [-0.4, -0.2) is 90.7 Å². The Balaban J connectivity index is 1.47. The molecule has 1 atom stereocenters. The zero-order valence-electron chi connectivity index (χ0n) is 24.3. The summed E-state index contributed by atoms with van der Waals surface area (Å²) < 4.78 is 17.0. The summed E-state index contributed by atoms with van der Waals surface area (Å²) in [6, 6.07) is 8.33. The molecule has 2 aromatic heterocycles. The monoisotopic (exact) mass is 650 g/mol. The molecule has 0 unspecified atom stereocenters. The Bertz CT molecular complexity index is 1800. The number of nitrogens with zero attached hydrogens (tertiary/aromatic N) is 3. The number of halogens is 1. The number of nitrogens with one attached hydrogen (secondary N) is 1. The van der Waals surface area contributed by atoms with Crippen molar-refractivity contribution in [1.82, 2.24) is 14.8 Å². The number of piperazine rings is 1. The van der Waals surface area contributed by atoms with Crippen LogP contribution in [0.3, 0.4) is 0 Å². The van der Waals surface area contributed by atoms with E-state index in [9.17, 15) is 19.2 Å². The number of fused-ring (bicyclic) bond motifs is 4. The third-order valence-electron chi connectivity index (χ3n) is 8.26. The molecule has 0 spiro atoms. The number of rotatable bonds is 5. The van der Waals surface area contributed by atoms with Gasteiger partial charge in [-0.3, -0.25) is 9.59 Å². The highest BCUT2D eigenvalue weighted by Gasteiger charge is 2.39. The van der Waals surface area contributed by atoms with Crippen LogP contribution in [-0.2, 0) is 4.74 Å². The number of Topliss-reactive ketones (excluding diaryl/α,β-unsaturated/α-hetero) is 1. The summed E-state index contributed by atoms with van der Waals surface area (Å²) in [5.41, 5.74) is 3.65. The van der Waals surface area contributed by atoms with Crippen molar-refractivity contribution in [3.63, 3.8) is 0 Å². The second-order valence-electron chi connectivity index (χ2n) is 11.0. The number of furan rings is 1. The molecule has 4 heterocycles. The van der Waals surface area contributed by atoms with Crippen LogP contribution in [0.5, 0.6) is 5.75 Å². The molecule has 2 aliphatic rings. The first-order chi connectivity index (χ1) is 20.6. The topological polar surface area (TPSA) is 125 Å². The van der Waals surface area contributed by atoms with E-state index in [1.807, 2.05) is 7.05 Å². The van der Waals surface area contributed by atoms with Gasteiger partial charge in [-0.05, 0) is 50.7 Å². The molecular formula is C31H31BrN4O7. The highest BCUT2D eigenvalue weighted by Crippen LogP contribution is 2.48. The summed E-state index contributed by atoms with van der Waals surface area (Å²) in [6.07, 6.45) is -0.507. The van der Waals surface area contributed by atoms with Gasteiger partial charge in [0.2, 0.25) is 0 Å². The summed E-state index contributed by atoms with van der Waals surface area (Å²) in [4.78, 5) is 60.8. The third-order valence-corrected chi connectivity index (χ3v) is 9.04. The second-order valence-corrected chi connectivity index (χ2v) is 11.7. The average Bonchev–Trinajstić information content (AvgIpc) is 3.69. The summed E-state index contributed by atoms with van der Waals surface area (Å²) in [5.74, 6) is -0.893. The number of aryl methyl sites for hydroxylation is 1. The molecule has 12 heteroatoms. The molecule has 11 nitrogen and oxygen atoms in total. The Morgan fingerprint density at radius 3 is 2.51 bits per heavy atom. The summed E-state index contributed by atoms with van der Waals surface area (Å²) in [5, 5.41) is 1.70. The molecule has 1 saturated heterocycles. The molecule has 43 heavy (non-hydrogen) atoms. The first-order valence-corrected chi connectivity index (χ1v) is 15.1. The molecular weight excluding hydrogens is 620 g/mol. The summed E-state index contributed by atoms with van der Waals surface area (Å²) >= 11 is 3.60. The molecule has 4 aromatic rings. The molecule has 0 saturated carbocycles. The van der Waals surface area contributed by atoms with Crippen LogP contribution in [0.1, 0.15) is 55.4 Å². The van der Waals surface area contributed by atoms with Crippen molar-refractivity contribution in [3.05, 3.63) is 58.5 Å². The number of likely N-dealkylation sites (N-methyl/N-ethyl adjacent to an activating group) is 1. The van der Waals surface area contributed by atoms with Crippen LogP contribution in [0.25, 0.3) is 21.9 Å². The third kappa shape index (κ3) is 4.98. The van der Waals surface area contributed by atoms with Gasteiger partial charge in [-0.25, -0.2) is 9.59 Å². The number of hydrogen-bond donors (Lipinski definition) is 1. The number of amides is 2. The number of ether oxygens (including phenoxy) is 2. The quantitative estimate of drug-likeness (QED) is 0.180. The Kier molecular flexibility index (Phi) is 7.51. The SMILES string of the molecule is COC(=O)c1c(C)[nH]c2c(OC(=O)N3CCN(C)CC3)cc3c(c12)[C@H](CBr)CN3C(=O)c1cc2cc(C(C)=O)ccc2o1. The van der Waals surface area contributed by atoms with Crippen molar-refractivity contribution in [2.45, 2.75) is 19.8 Å². The molecule has 2 aliphatic heterocycles. The van der Waals surface area contributed by atoms with Crippen LogP contribution in [0.2, 0.25) is 0 Å². The van der Waals surface area contributed by atoms with Gasteiger partial charge in [0.25, 0.3) is 5.91 Å². The number of methoxy groups -OCH3 is 1. The number of benzene rings is 2. The zero-order valence-corrected chi connectivity index (χ0v) is 25.9. The van der Waals surface area contributed by atoms with Crippen LogP contribution >= 0.6 is 15.9 Å². The molecule has 0 bridgehead atoms. The van der Waals surface area contributed by atoms with Gasteiger partial charge in [0, 0.05) is 72.1 Å². The number of carbonyl (C=O) groups excluding carboxylic acids is 4. The van der Waals surface area contributed by atoms with E-state index in [0.29, 0.717) is 69.3 Å². The highest BCUT2D eigenvalue weighted by molar-refractivity contribution is 9.09. The average molecular weight is 652 g/mol. The fraction of sp³-hybridized carbons (Fsp3) is 0.355. The number of ketones is 1. The minimum absolute atomic E-state index is 0.0875. The first-order valence-electron chi connectivity index (χ1n) is 14.0. The fourth-order valence-corrected chi connectivity index (χ4v) is 6.46. The molecule has 0 aliphatic carbocycles. The smallest absolute Gasteiger partial charge is 0.415 e. The molecule has 2 aromatic carbocycles. The van der Waals surface area contributed by atoms with Crippen molar-refractivity contribution in [2.75, 3.05) is 57.1 Å². The minimum atomic E-state index is -0.537. The van der Waals surface area contributed by atoms with Gasteiger partial charge in [0.1, 0.15) is 5.58 Å². The van der Waals surface area contributed by atoms with Gasteiger partial charge in [0.05, 0.1) is 23.9 Å². The number of aromatic nitrogens is 1. The summed E-state index contributed by atoms with van der Waals surface area (Å²) in [6.45, 7) is 6.03. The lowest BCUT2D eigenvalue weighted by Gasteiger charge is -2.31. The summed E-state index contributed by atoms with van der Waals surface area (Å²) in [7, 11) is 3.31. The van der Waals surface area contributed by atoms with E-state index in [1.54, 1.807) is 47.1 Å². The van der Waals surface area contributed by atoms with E-state index < -0.39 is 18.0 Å². The fourth-order valence-electron chi connectivity index (χ4n) is 5.93. The molecule has 0 radical (unpaired) electrons. The Morgan fingerprint density at radius 1 is 1.09 bits per heavy atom. The van der Waals surface area contributed by atoms with Crippen molar-refractivity contribution in [1.29, 1.82) is 0 Å². The maximum absolute atomic E-state index is 14.0. The number of aromatic amines is 1. The van der Waals surface area contributed by atoms with Gasteiger partial charge in [-0.1, -0.05) is 15.9 Å². The van der Waals surface area contributed by atoms with Crippen LogP contribution in [0.4, 0.5) is 10.5 Å². The minimum Gasteiger partial charge on any atom is -0.465 e. The van der Waals surface area contributed by atoms with E-state index in [1.165, 1.54) is 14.0 Å². The number of H-pyrrole nitrogens is 1. The van der Waals surface area contributed by atoms with Crippen molar-refractivity contribution >= 4 is 67.2 Å². The number of alkyl halides is 1. The lowest BCUT2D eigenvalue weighted by atomic mass is 9.95. The predicted molar refractivity (Wildman–Crippen MR) is 164 cm³/mol. The van der Waals surface area contributed by atoms with Gasteiger partial charge < -0.3 is 33.6 Å². The lowest BCUT2D eigenvalue weighted by Crippen LogP contribution is -2.48. The predicted octanol–water partition coefficient (Wildman–Crippen LogP) is 5.10. The number of carbonyl (C=O) groups is 4. The Hall–Kier alpha value is -4.16. The zero-order chi connectivity index (χ0) is 30.6. The van der Waals surface area contributed by atoms with Crippen molar-refractivity contribution in [3.8, 4) is 5.75 Å². The van der Waals surface area contributed by atoms with Gasteiger partial charge in [-0.15, -0.1) is 0 Å². The Morgan fingerprint density at radius 2 is 1.84 bits per heavy atom. The van der Waals surface area contributed by atoms with E-state index in [0.717, 1.165) is 18.7 Å². The lowest BCUT2D eigenvalue weighted by molar-refractivity contribution is 0.0601. The maximum Gasteiger partial charge on any atom is 0.415 e. The number of anilines is 1. The van der Waals surface area contributed by atoms with Crippen LogP contribution < -0.4 is 9.64 Å². The largest absolute Gasteiger partial charge is 0.465 e. The van der Waals surface area contributed by atoms with Crippen LogP contribution in [0, 0.1) is 6.92 Å². The molecule has 6 rings (SSSR count). The van der Waals surface area contributed by atoms with Crippen LogP contribution in [0.15, 0.2) is 34.7 Å². The number of hydrogen-bond acceptors (Lipinski definition) is 8.